The van der Waals surface area contributed by atoms with Gasteiger partial charge in [-0.3, -0.25) is 0 Å². The molecule has 0 spiro atoms. The maximum Gasteiger partial charge on any atom is 0.418 e. The van der Waals surface area contributed by atoms with E-state index in [4.69, 9.17) is 10.5 Å². The summed E-state index contributed by atoms with van der Waals surface area (Å²) in [5, 5.41) is -0.683. The van der Waals surface area contributed by atoms with E-state index < -0.39 is 40.7 Å². The molecule has 2 aromatic rings. The molecule has 1 saturated heterocycles. The molecule has 29 heavy (non-hydrogen) atoms. The van der Waals surface area contributed by atoms with Crippen LogP contribution in [-0.2, 0) is 17.5 Å². The molecule has 1 aliphatic rings. The first-order valence-electron chi connectivity index (χ1n) is 9.22. The fraction of sp³-hybridized carbons (Fsp3) is 0.611. The number of hydrogen-bond donors (Lipinski definition) is 1. The number of aromatic nitrogens is 3. The van der Waals surface area contributed by atoms with Gasteiger partial charge in [-0.2, -0.15) is 27.5 Å². The van der Waals surface area contributed by atoms with E-state index >= 15 is 0 Å². The molecule has 160 valence electrons. The normalized spacial score (nSPS) is 16.4. The first-order valence-corrected chi connectivity index (χ1v) is 9.22. The van der Waals surface area contributed by atoms with E-state index in [1.165, 1.54) is 4.57 Å². The topological polar surface area (TPSA) is 86.3 Å². The van der Waals surface area contributed by atoms with E-state index in [9.17, 15) is 22.4 Å². The lowest BCUT2D eigenvalue weighted by molar-refractivity contribution is -0.136. The van der Waals surface area contributed by atoms with Crippen molar-refractivity contribution in [3.63, 3.8) is 0 Å². The molecule has 0 atom stereocenters. The molecule has 1 aliphatic heterocycles. The van der Waals surface area contributed by atoms with Gasteiger partial charge in [0.2, 0.25) is 11.9 Å². The van der Waals surface area contributed by atoms with Crippen LogP contribution in [0.1, 0.15) is 39.2 Å². The molecule has 1 amide bonds. The third-order valence-electron chi connectivity index (χ3n) is 4.72. The minimum Gasteiger partial charge on any atom is -0.444 e. The molecule has 0 aromatic carbocycles. The van der Waals surface area contributed by atoms with E-state index in [1.807, 2.05) is 0 Å². The van der Waals surface area contributed by atoms with Crippen LogP contribution in [0, 0.1) is 11.9 Å². The van der Waals surface area contributed by atoms with Crippen molar-refractivity contribution in [3.05, 3.63) is 17.7 Å². The van der Waals surface area contributed by atoms with Crippen molar-refractivity contribution in [2.75, 3.05) is 18.8 Å². The van der Waals surface area contributed by atoms with E-state index in [-0.39, 0.29) is 18.1 Å². The largest absolute Gasteiger partial charge is 0.444 e. The number of hydrogen-bond acceptors (Lipinski definition) is 5. The highest BCUT2D eigenvalue weighted by atomic mass is 19.4. The number of amides is 1. The summed E-state index contributed by atoms with van der Waals surface area (Å²) in [6, 6.07) is 0. The number of halogens is 4. The summed E-state index contributed by atoms with van der Waals surface area (Å²) in [5.41, 5.74) is 3.52. The van der Waals surface area contributed by atoms with Gasteiger partial charge in [-0.25, -0.2) is 4.79 Å². The standard InChI is InChI=1S/C18H23F4N5O2/c1-17(2,3)29-16(28)26-6-4-10(5-7-26)8-27-9-11(18(20,21)22)12-13(19)24-15(23)25-14(12)27/h9-10H,4-8H2,1-3H3,(H2,23,24,25). The molecule has 0 radical (unpaired) electrons. The second-order valence-electron chi connectivity index (χ2n) is 8.17. The summed E-state index contributed by atoms with van der Waals surface area (Å²) in [6.45, 7) is 6.39. The Morgan fingerprint density at radius 2 is 1.86 bits per heavy atom. The predicted octanol–water partition coefficient (Wildman–Crippen LogP) is 3.82. The van der Waals surface area contributed by atoms with Crippen molar-refractivity contribution in [2.24, 2.45) is 5.92 Å². The highest BCUT2D eigenvalue weighted by Gasteiger charge is 2.37. The van der Waals surface area contributed by atoms with E-state index in [1.54, 1.807) is 25.7 Å². The van der Waals surface area contributed by atoms with Gasteiger partial charge >= 0.3 is 12.3 Å². The first-order chi connectivity index (χ1) is 13.3. The molecule has 7 nitrogen and oxygen atoms in total. The lowest BCUT2D eigenvalue weighted by Gasteiger charge is -2.33. The monoisotopic (exact) mass is 417 g/mol. The number of carbonyl (C=O) groups excluding carboxylic acids is 1. The maximum atomic E-state index is 14.1. The fourth-order valence-corrected chi connectivity index (χ4v) is 3.42. The average molecular weight is 417 g/mol. The van der Waals surface area contributed by atoms with Crippen LogP contribution < -0.4 is 5.73 Å². The number of nitrogens with two attached hydrogens (primary N) is 1. The summed E-state index contributed by atoms with van der Waals surface area (Å²) in [6.07, 6.45) is -3.16. The van der Waals surface area contributed by atoms with Crippen LogP contribution in [-0.4, -0.2) is 44.2 Å². The highest BCUT2D eigenvalue weighted by molar-refractivity contribution is 5.81. The average Bonchev–Trinajstić information content (AvgIpc) is 2.93. The molecular weight excluding hydrogens is 394 g/mol. The van der Waals surface area contributed by atoms with Crippen LogP contribution in [0.25, 0.3) is 11.0 Å². The van der Waals surface area contributed by atoms with Crippen molar-refractivity contribution in [1.29, 1.82) is 0 Å². The number of nitrogen functional groups attached to an aromatic ring is 1. The summed E-state index contributed by atoms with van der Waals surface area (Å²) in [7, 11) is 0. The zero-order valence-electron chi connectivity index (χ0n) is 16.4. The van der Waals surface area contributed by atoms with E-state index in [0.29, 0.717) is 25.9 Å². The van der Waals surface area contributed by atoms with Crippen LogP contribution in [0.2, 0.25) is 0 Å². The van der Waals surface area contributed by atoms with Gasteiger partial charge in [0.15, 0.2) is 0 Å². The lowest BCUT2D eigenvalue weighted by Crippen LogP contribution is -2.42. The quantitative estimate of drug-likeness (QED) is 0.593. The third-order valence-corrected chi connectivity index (χ3v) is 4.72. The Morgan fingerprint density at radius 1 is 1.24 bits per heavy atom. The number of piperidine rings is 1. The molecule has 11 heteroatoms. The zero-order chi connectivity index (χ0) is 21.6. The number of fused-ring (bicyclic) bond motifs is 1. The first kappa shape index (κ1) is 21.1. The SMILES string of the molecule is CC(C)(C)OC(=O)N1CCC(Cn2cc(C(F)(F)F)c3c(F)nc(N)nc32)CC1. The van der Waals surface area contributed by atoms with Gasteiger partial charge in [0.25, 0.3) is 0 Å². The number of rotatable bonds is 2. The Kier molecular flexibility index (Phi) is 5.35. The third kappa shape index (κ3) is 4.70. The van der Waals surface area contributed by atoms with Crippen LogP contribution in [0.15, 0.2) is 6.20 Å². The van der Waals surface area contributed by atoms with Gasteiger partial charge in [0.05, 0.1) is 10.9 Å². The van der Waals surface area contributed by atoms with Gasteiger partial charge < -0.3 is 19.9 Å². The zero-order valence-corrected chi connectivity index (χ0v) is 16.4. The van der Waals surface area contributed by atoms with Crippen LogP contribution in [0.3, 0.4) is 0 Å². The Bertz CT molecular complexity index is 912. The second-order valence-corrected chi connectivity index (χ2v) is 8.17. The van der Waals surface area contributed by atoms with Crippen LogP contribution >= 0.6 is 0 Å². The van der Waals surface area contributed by atoms with Gasteiger partial charge in [0.1, 0.15) is 11.2 Å². The minimum atomic E-state index is -4.75. The Hall–Kier alpha value is -2.59. The summed E-state index contributed by atoms with van der Waals surface area (Å²) in [5.74, 6) is -1.73. The van der Waals surface area contributed by atoms with Gasteiger partial charge in [-0.15, -0.1) is 0 Å². The molecule has 0 aliphatic carbocycles. The number of likely N-dealkylation sites (tertiary alicyclic amines) is 1. The van der Waals surface area contributed by atoms with E-state index in [0.717, 1.165) is 6.20 Å². The minimum absolute atomic E-state index is 0.00961. The number of nitrogens with zero attached hydrogens (tertiary/aromatic N) is 4. The Morgan fingerprint density at radius 3 is 2.41 bits per heavy atom. The molecule has 0 bridgehead atoms. The highest BCUT2D eigenvalue weighted by Crippen LogP contribution is 2.37. The Labute approximate surface area is 164 Å². The predicted molar refractivity (Wildman–Crippen MR) is 97.4 cm³/mol. The number of ether oxygens (including phenoxy) is 1. The fourth-order valence-electron chi connectivity index (χ4n) is 3.42. The van der Waals surface area contributed by atoms with Crippen molar-refractivity contribution in [2.45, 2.75) is 51.9 Å². The Balaban J connectivity index is 1.77. The summed E-state index contributed by atoms with van der Waals surface area (Å²) >= 11 is 0. The molecule has 2 aromatic heterocycles. The van der Waals surface area contributed by atoms with Crippen molar-refractivity contribution in [1.82, 2.24) is 19.4 Å². The molecule has 3 rings (SSSR count). The van der Waals surface area contributed by atoms with E-state index in [2.05, 4.69) is 9.97 Å². The lowest BCUT2D eigenvalue weighted by atomic mass is 9.97. The number of alkyl halides is 3. The van der Waals surface area contributed by atoms with Gasteiger partial charge in [0, 0.05) is 25.8 Å². The molecule has 2 N–H and O–H groups in total. The van der Waals surface area contributed by atoms with Crippen molar-refractivity contribution in [3.8, 4) is 0 Å². The number of carbonyl (C=O) groups is 1. The molecule has 0 saturated carbocycles. The molecule has 1 fully saturated rings. The molecular formula is C18H23F4N5O2. The summed E-state index contributed by atoms with van der Waals surface area (Å²) in [4.78, 5) is 20.8. The van der Waals surface area contributed by atoms with Crippen molar-refractivity contribution >= 4 is 23.1 Å². The smallest absolute Gasteiger partial charge is 0.418 e. The van der Waals surface area contributed by atoms with Gasteiger partial charge in [-0.1, -0.05) is 0 Å². The molecule has 0 unspecified atom stereocenters. The maximum absolute atomic E-state index is 14.1. The van der Waals surface area contributed by atoms with Gasteiger partial charge in [-0.05, 0) is 39.5 Å². The molecule has 3 heterocycles. The van der Waals surface area contributed by atoms with Crippen LogP contribution in [0.5, 0.6) is 0 Å². The van der Waals surface area contributed by atoms with Crippen molar-refractivity contribution < 1.29 is 27.1 Å². The number of anilines is 1. The van der Waals surface area contributed by atoms with Crippen LogP contribution in [0.4, 0.5) is 28.3 Å². The summed E-state index contributed by atoms with van der Waals surface area (Å²) < 4.78 is 60.7. The second kappa shape index (κ2) is 7.34.